The van der Waals surface area contributed by atoms with Gasteiger partial charge in [-0.3, -0.25) is 29.3 Å². The van der Waals surface area contributed by atoms with Crippen LogP contribution in [0.2, 0.25) is 0 Å². The van der Waals surface area contributed by atoms with Crippen molar-refractivity contribution in [3.8, 4) is 0 Å². The van der Waals surface area contributed by atoms with Crippen molar-refractivity contribution in [2.24, 2.45) is 5.92 Å². The number of ketones is 1. The Morgan fingerprint density at radius 2 is 1.61 bits per heavy atom. The number of hydrogen-bond acceptors (Lipinski definition) is 8. The third kappa shape index (κ3) is 9.52. The molecular weight excluding hydrogens is 530 g/mol. The predicted molar refractivity (Wildman–Crippen MR) is 151 cm³/mol. The summed E-state index contributed by atoms with van der Waals surface area (Å²) >= 11 is 0. The van der Waals surface area contributed by atoms with E-state index >= 15 is 0 Å². The van der Waals surface area contributed by atoms with Crippen LogP contribution in [0.25, 0.3) is 0 Å². The largest absolute Gasteiger partial charge is 0.455 e. The zero-order chi connectivity index (χ0) is 30.9. The molecule has 1 aromatic rings. The summed E-state index contributed by atoms with van der Waals surface area (Å²) in [4.78, 5) is 77.7. The molecule has 1 aliphatic heterocycles. The van der Waals surface area contributed by atoms with Crippen LogP contribution in [-0.4, -0.2) is 71.7 Å². The second-order valence-electron chi connectivity index (χ2n) is 10.5. The smallest absolute Gasteiger partial charge is 0.354 e. The summed E-state index contributed by atoms with van der Waals surface area (Å²) in [6, 6.07) is 4.05. The molecule has 224 valence electrons. The van der Waals surface area contributed by atoms with E-state index in [1.807, 2.05) is 30.3 Å². The molecule has 0 spiro atoms. The summed E-state index contributed by atoms with van der Waals surface area (Å²) in [6.07, 6.45) is 0.320. The van der Waals surface area contributed by atoms with Gasteiger partial charge in [0.25, 0.3) is 0 Å². The van der Waals surface area contributed by atoms with Crippen LogP contribution in [0.3, 0.4) is 0 Å². The number of nitrogens with one attached hydrogen (secondary N) is 5. The Kier molecular flexibility index (Phi) is 12.2. The molecule has 0 unspecified atom stereocenters. The molecular formula is C29H41N5O7. The van der Waals surface area contributed by atoms with E-state index in [-0.39, 0.29) is 23.8 Å². The van der Waals surface area contributed by atoms with Crippen molar-refractivity contribution in [2.45, 2.75) is 91.2 Å². The van der Waals surface area contributed by atoms with Gasteiger partial charge in [0.2, 0.25) is 23.6 Å². The molecule has 0 saturated carbocycles. The highest BCUT2D eigenvalue weighted by Gasteiger charge is 2.37. The van der Waals surface area contributed by atoms with Gasteiger partial charge in [0, 0.05) is 0 Å². The number of rotatable bonds is 8. The maximum absolute atomic E-state index is 13.6. The molecule has 1 fully saturated rings. The van der Waals surface area contributed by atoms with Gasteiger partial charge in [0.15, 0.2) is 0 Å². The highest BCUT2D eigenvalue weighted by atomic mass is 16.5. The Balaban J connectivity index is 2.45. The first kappa shape index (κ1) is 33.1. The minimum absolute atomic E-state index is 0.182. The van der Waals surface area contributed by atoms with E-state index in [9.17, 15) is 28.8 Å². The van der Waals surface area contributed by atoms with Gasteiger partial charge in [-0.25, -0.2) is 4.79 Å². The number of allylic oxidation sites excluding steroid dienone is 1. The molecule has 12 nitrogen and oxygen atoms in total. The SMILES string of the molecule is C/C=C1\NC(=O)[C@H](C)NC(=O)[C@H](C(C)C)NC(=O)[C@H](NC(=O)[C@H](Cc2ccccc2)N[C@@H](C)C(C)=O)[C@@H](C)OC1=O. The number of cyclic esters (lactones) is 1. The molecule has 2 rings (SSSR count). The van der Waals surface area contributed by atoms with E-state index in [2.05, 4.69) is 26.6 Å². The zero-order valence-corrected chi connectivity index (χ0v) is 24.6. The van der Waals surface area contributed by atoms with E-state index in [1.54, 1.807) is 20.8 Å². The number of amides is 4. The molecule has 1 saturated heterocycles. The Bertz CT molecular complexity index is 1170. The number of ether oxygens (including phenoxy) is 1. The van der Waals surface area contributed by atoms with Crippen molar-refractivity contribution in [1.82, 2.24) is 26.6 Å². The second-order valence-corrected chi connectivity index (χ2v) is 10.5. The fraction of sp³-hybridized carbons (Fsp3) is 0.517. The highest BCUT2D eigenvalue weighted by molar-refractivity contribution is 5.99. The van der Waals surface area contributed by atoms with E-state index in [4.69, 9.17) is 4.74 Å². The van der Waals surface area contributed by atoms with Crippen molar-refractivity contribution >= 4 is 35.4 Å². The molecule has 0 bridgehead atoms. The molecule has 1 heterocycles. The lowest BCUT2D eigenvalue weighted by Gasteiger charge is -2.30. The average molecular weight is 572 g/mol. The van der Waals surface area contributed by atoms with Crippen molar-refractivity contribution in [3.63, 3.8) is 0 Å². The van der Waals surface area contributed by atoms with Crippen LogP contribution in [-0.2, 0) is 39.9 Å². The number of benzene rings is 1. The molecule has 6 atom stereocenters. The Morgan fingerprint density at radius 1 is 0.976 bits per heavy atom. The first-order valence-corrected chi connectivity index (χ1v) is 13.6. The van der Waals surface area contributed by atoms with Crippen LogP contribution < -0.4 is 26.6 Å². The predicted octanol–water partition coefficient (Wildman–Crippen LogP) is 0.260. The molecule has 0 aromatic heterocycles. The van der Waals surface area contributed by atoms with Gasteiger partial charge in [-0.05, 0) is 52.5 Å². The van der Waals surface area contributed by atoms with E-state index in [1.165, 1.54) is 33.8 Å². The first-order chi connectivity index (χ1) is 19.2. The standard InChI is InChI=1S/C29H41N5O7/c1-8-21-29(40)41-19(7)24(28(39)33-23(15(2)3)27(38)31-17(5)25(36)32-21)34-26(37)22(30-16(4)18(6)35)14-20-12-10-9-11-13-20/h8-13,15-17,19,22-24,30H,14H2,1-7H3,(H,31,38)(H,32,36)(H,33,39)(H,34,37)/b21-8-/t16-,17-,19+,22-,23-,24+/m0/s1. The summed E-state index contributed by atoms with van der Waals surface area (Å²) in [5, 5.41) is 13.3. The maximum atomic E-state index is 13.6. The summed E-state index contributed by atoms with van der Waals surface area (Å²) in [7, 11) is 0. The fourth-order valence-corrected chi connectivity index (χ4v) is 4.08. The van der Waals surface area contributed by atoms with Gasteiger partial charge in [-0.15, -0.1) is 0 Å². The Labute approximate surface area is 240 Å². The number of hydrogen-bond donors (Lipinski definition) is 5. The minimum atomic E-state index is -1.42. The normalized spacial score (nSPS) is 24.9. The van der Waals surface area contributed by atoms with Crippen LogP contribution in [0, 0.1) is 5.92 Å². The number of Topliss-reactive ketones (excluding diaryl/α,β-unsaturated/α-hetero) is 1. The Morgan fingerprint density at radius 3 is 2.17 bits per heavy atom. The Hall–Kier alpha value is -4.06. The minimum Gasteiger partial charge on any atom is -0.455 e. The first-order valence-electron chi connectivity index (χ1n) is 13.6. The summed E-state index contributed by atoms with van der Waals surface area (Å²) in [5.41, 5.74) is 0.626. The summed E-state index contributed by atoms with van der Waals surface area (Å²) in [5.74, 6) is -4.14. The van der Waals surface area contributed by atoms with Crippen molar-refractivity contribution < 1.29 is 33.5 Å². The van der Waals surface area contributed by atoms with Crippen LogP contribution in [0.15, 0.2) is 42.1 Å². The lowest BCUT2D eigenvalue weighted by atomic mass is 10.0. The molecule has 4 amide bonds. The summed E-state index contributed by atoms with van der Waals surface area (Å²) < 4.78 is 5.50. The lowest BCUT2D eigenvalue weighted by Crippen LogP contribution is -2.62. The van der Waals surface area contributed by atoms with Gasteiger partial charge >= 0.3 is 5.97 Å². The van der Waals surface area contributed by atoms with Gasteiger partial charge < -0.3 is 26.0 Å². The van der Waals surface area contributed by atoms with Crippen molar-refractivity contribution in [2.75, 3.05) is 0 Å². The molecule has 0 radical (unpaired) electrons. The van der Waals surface area contributed by atoms with Gasteiger partial charge in [0.1, 0.15) is 35.7 Å². The van der Waals surface area contributed by atoms with Gasteiger partial charge in [-0.1, -0.05) is 50.3 Å². The molecule has 41 heavy (non-hydrogen) atoms. The van der Waals surface area contributed by atoms with Crippen molar-refractivity contribution in [3.05, 3.63) is 47.7 Å². The number of carbonyl (C=O) groups excluding carboxylic acids is 6. The molecule has 5 N–H and O–H groups in total. The molecule has 0 aliphatic carbocycles. The highest BCUT2D eigenvalue weighted by Crippen LogP contribution is 2.11. The van der Waals surface area contributed by atoms with E-state index in [0.29, 0.717) is 0 Å². The van der Waals surface area contributed by atoms with Gasteiger partial charge in [0.05, 0.1) is 12.1 Å². The molecule has 12 heteroatoms. The topological polar surface area (TPSA) is 172 Å². The third-order valence-corrected chi connectivity index (χ3v) is 6.77. The van der Waals surface area contributed by atoms with Crippen LogP contribution in [0.5, 0.6) is 0 Å². The number of esters is 1. The molecule has 1 aromatic carbocycles. The van der Waals surface area contributed by atoms with Crippen molar-refractivity contribution in [1.29, 1.82) is 0 Å². The number of carbonyl (C=O) groups is 6. The van der Waals surface area contributed by atoms with E-state index in [0.717, 1.165) is 5.56 Å². The third-order valence-electron chi connectivity index (χ3n) is 6.77. The maximum Gasteiger partial charge on any atom is 0.354 e. The van der Waals surface area contributed by atoms with E-state index < -0.39 is 65.9 Å². The van der Waals surface area contributed by atoms with Crippen LogP contribution in [0.1, 0.15) is 54.0 Å². The summed E-state index contributed by atoms with van der Waals surface area (Å²) in [6.45, 7) is 10.8. The fourth-order valence-electron chi connectivity index (χ4n) is 4.08. The lowest BCUT2D eigenvalue weighted by molar-refractivity contribution is -0.149. The average Bonchev–Trinajstić information content (AvgIpc) is 2.92. The quantitative estimate of drug-likeness (QED) is 0.218. The van der Waals surface area contributed by atoms with Gasteiger partial charge in [-0.2, -0.15) is 0 Å². The van der Waals surface area contributed by atoms with Crippen LogP contribution in [0.4, 0.5) is 0 Å². The zero-order valence-electron chi connectivity index (χ0n) is 24.6. The van der Waals surface area contributed by atoms with Crippen LogP contribution >= 0.6 is 0 Å². The molecule has 1 aliphatic rings. The monoisotopic (exact) mass is 571 g/mol. The second kappa shape index (κ2) is 15.1.